The van der Waals surface area contributed by atoms with E-state index in [2.05, 4.69) is 4.98 Å². The molecular formula is C22H18N2O3S2. The Morgan fingerprint density at radius 3 is 2.59 bits per heavy atom. The Bertz CT molecular complexity index is 1200. The van der Waals surface area contributed by atoms with E-state index in [0.29, 0.717) is 27.5 Å². The largest absolute Gasteiger partial charge is 0.497 e. The molecule has 29 heavy (non-hydrogen) atoms. The van der Waals surface area contributed by atoms with Crippen molar-refractivity contribution in [2.24, 2.45) is 0 Å². The molecule has 0 spiro atoms. The lowest BCUT2D eigenvalue weighted by Gasteiger charge is -2.12. The van der Waals surface area contributed by atoms with Crippen LogP contribution >= 0.6 is 23.1 Å². The van der Waals surface area contributed by atoms with Gasteiger partial charge < -0.3 is 4.74 Å². The fraction of sp³-hybridized carbons (Fsp3) is 0.136. The fourth-order valence-electron chi connectivity index (χ4n) is 2.92. The molecule has 0 radical (unpaired) electrons. The van der Waals surface area contributed by atoms with Crippen LogP contribution in [-0.2, 0) is 6.54 Å². The van der Waals surface area contributed by atoms with Crippen LogP contribution in [0.1, 0.15) is 15.9 Å². The average molecular weight is 423 g/mol. The Hall–Kier alpha value is -2.90. The number of aromatic nitrogens is 2. The molecule has 0 N–H and O–H groups in total. The predicted octanol–water partition coefficient (Wildman–Crippen LogP) is 4.49. The molecule has 0 saturated carbocycles. The standard InChI is InChI=1S/C22H18N2O3S2/c1-27-17-9-7-15(8-10-17)13-24-21(26)20-18(11-12-28-20)23-22(24)29-14-19(25)16-5-3-2-4-6-16/h2-12H,13-14H2,1H3. The number of ketones is 1. The summed E-state index contributed by atoms with van der Waals surface area (Å²) in [5, 5.41) is 2.40. The molecule has 0 aliphatic heterocycles. The summed E-state index contributed by atoms with van der Waals surface area (Å²) >= 11 is 2.67. The highest BCUT2D eigenvalue weighted by atomic mass is 32.2. The molecule has 146 valence electrons. The monoisotopic (exact) mass is 422 g/mol. The van der Waals surface area contributed by atoms with E-state index in [9.17, 15) is 9.59 Å². The molecule has 0 aliphatic carbocycles. The number of carbonyl (C=O) groups excluding carboxylic acids is 1. The van der Waals surface area contributed by atoms with E-state index in [4.69, 9.17) is 4.74 Å². The van der Waals surface area contributed by atoms with Crippen molar-refractivity contribution in [2.75, 3.05) is 12.9 Å². The number of benzene rings is 2. The highest BCUT2D eigenvalue weighted by Gasteiger charge is 2.15. The van der Waals surface area contributed by atoms with Gasteiger partial charge in [-0.3, -0.25) is 14.2 Å². The van der Waals surface area contributed by atoms with E-state index in [1.807, 2.05) is 53.9 Å². The van der Waals surface area contributed by atoms with Crippen molar-refractivity contribution in [3.63, 3.8) is 0 Å². The first-order chi connectivity index (χ1) is 14.2. The molecule has 0 saturated heterocycles. The summed E-state index contributed by atoms with van der Waals surface area (Å²) < 4.78 is 7.47. The van der Waals surface area contributed by atoms with Crippen molar-refractivity contribution in [3.05, 3.63) is 87.5 Å². The van der Waals surface area contributed by atoms with Gasteiger partial charge in [-0.25, -0.2) is 4.98 Å². The molecule has 0 unspecified atom stereocenters. The minimum Gasteiger partial charge on any atom is -0.497 e. The summed E-state index contributed by atoms with van der Waals surface area (Å²) in [7, 11) is 1.62. The first kappa shape index (κ1) is 19.4. The van der Waals surface area contributed by atoms with Crippen molar-refractivity contribution in [2.45, 2.75) is 11.7 Å². The zero-order valence-corrected chi connectivity index (χ0v) is 17.3. The van der Waals surface area contributed by atoms with E-state index in [1.165, 1.54) is 23.1 Å². The number of methoxy groups -OCH3 is 1. The number of nitrogens with zero attached hydrogens (tertiary/aromatic N) is 2. The average Bonchev–Trinajstić information content (AvgIpc) is 3.24. The van der Waals surface area contributed by atoms with Gasteiger partial charge in [-0.1, -0.05) is 54.2 Å². The lowest BCUT2D eigenvalue weighted by atomic mass is 10.2. The molecule has 2 aromatic carbocycles. The minimum atomic E-state index is -0.0875. The zero-order valence-electron chi connectivity index (χ0n) is 15.7. The van der Waals surface area contributed by atoms with Gasteiger partial charge in [0.1, 0.15) is 10.4 Å². The SMILES string of the molecule is COc1ccc(Cn2c(SCC(=O)c3ccccc3)nc3ccsc3c2=O)cc1. The van der Waals surface area contributed by atoms with Gasteiger partial charge in [0, 0.05) is 5.56 Å². The van der Waals surface area contributed by atoms with E-state index < -0.39 is 0 Å². The highest BCUT2D eigenvalue weighted by Crippen LogP contribution is 2.23. The van der Waals surface area contributed by atoms with Crippen molar-refractivity contribution < 1.29 is 9.53 Å². The topological polar surface area (TPSA) is 61.2 Å². The Labute approximate surface area is 176 Å². The molecule has 2 aromatic heterocycles. The van der Waals surface area contributed by atoms with Crippen LogP contribution in [0, 0.1) is 0 Å². The number of fused-ring (bicyclic) bond motifs is 1. The first-order valence-electron chi connectivity index (χ1n) is 8.98. The van der Waals surface area contributed by atoms with Gasteiger partial charge in [-0.2, -0.15) is 0 Å². The molecule has 2 heterocycles. The van der Waals surface area contributed by atoms with Crippen LogP contribution in [0.15, 0.2) is 76.0 Å². The maximum atomic E-state index is 13.1. The maximum absolute atomic E-state index is 13.1. The third kappa shape index (κ3) is 4.26. The number of rotatable bonds is 7. The second-order valence-corrected chi connectivity index (χ2v) is 8.21. The van der Waals surface area contributed by atoms with Gasteiger partial charge in [-0.15, -0.1) is 11.3 Å². The quantitative estimate of drug-likeness (QED) is 0.249. The van der Waals surface area contributed by atoms with Crippen LogP contribution in [0.4, 0.5) is 0 Å². The predicted molar refractivity (Wildman–Crippen MR) is 117 cm³/mol. The van der Waals surface area contributed by atoms with Crippen LogP contribution in [0.25, 0.3) is 10.2 Å². The molecule has 0 atom stereocenters. The number of carbonyl (C=O) groups is 1. The molecule has 5 nitrogen and oxygen atoms in total. The molecule has 0 amide bonds. The minimum absolute atomic E-state index is 0.00580. The van der Waals surface area contributed by atoms with Gasteiger partial charge in [0.15, 0.2) is 10.9 Å². The molecule has 4 rings (SSSR count). The van der Waals surface area contributed by atoms with Gasteiger partial charge in [0.2, 0.25) is 0 Å². The van der Waals surface area contributed by atoms with Gasteiger partial charge in [0.05, 0.1) is 24.9 Å². The summed E-state index contributed by atoms with van der Waals surface area (Å²) in [5.74, 6) is 0.983. The van der Waals surface area contributed by atoms with Gasteiger partial charge in [-0.05, 0) is 29.1 Å². The molecule has 4 aromatic rings. The van der Waals surface area contributed by atoms with Crippen molar-refractivity contribution >= 4 is 39.1 Å². The normalized spacial score (nSPS) is 10.9. The Kier molecular flexibility index (Phi) is 5.78. The molecule has 7 heteroatoms. The van der Waals surface area contributed by atoms with Crippen LogP contribution in [0.5, 0.6) is 5.75 Å². The summed E-state index contributed by atoms with van der Waals surface area (Å²) in [4.78, 5) is 30.2. The second kappa shape index (κ2) is 8.63. The zero-order chi connectivity index (χ0) is 20.2. The molecular weight excluding hydrogens is 404 g/mol. The third-order valence-corrected chi connectivity index (χ3v) is 6.33. The maximum Gasteiger partial charge on any atom is 0.272 e. The number of hydrogen-bond acceptors (Lipinski definition) is 6. The van der Waals surface area contributed by atoms with E-state index in [1.54, 1.807) is 23.8 Å². The van der Waals surface area contributed by atoms with Gasteiger partial charge in [0.25, 0.3) is 5.56 Å². The number of hydrogen-bond donors (Lipinski definition) is 0. The van der Waals surface area contributed by atoms with E-state index in [0.717, 1.165) is 11.3 Å². The fourth-order valence-corrected chi connectivity index (χ4v) is 4.60. The number of thiophene rings is 1. The number of Topliss-reactive ketones (excluding diaryl/α,β-unsaturated/α-hetero) is 1. The van der Waals surface area contributed by atoms with Crippen LogP contribution in [0.3, 0.4) is 0 Å². The summed E-state index contributed by atoms with van der Waals surface area (Å²) in [6.45, 7) is 0.380. The molecule has 0 fully saturated rings. The first-order valence-corrected chi connectivity index (χ1v) is 10.8. The van der Waals surface area contributed by atoms with E-state index >= 15 is 0 Å². The molecule has 0 bridgehead atoms. The van der Waals surface area contributed by atoms with Crippen molar-refractivity contribution in [1.82, 2.24) is 9.55 Å². The number of thioether (sulfide) groups is 1. The number of ether oxygens (including phenoxy) is 1. The Morgan fingerprint density at radius 2 is 1.86 bits per heavy atom. The Balaban J connectivity index is 1.65. The summed E-state index contributed by atoms with van der Waals surface area (Å²) in [6.07, 6.45) is 0. The van der Waals surface area contributed by atoms with Gasteiger partial charge >= 0.3 is 0 Å². The second-order valence-electron chi connectivity index (χ2n) is 6.35. The summed E-state index contributed by atoms with van der Waals surface area (Å²) in [5.41, 5.74) is 2.19. The van der Waals surface area contributed by atoms with Crippen molar-refractivity contribution in [3.8, 4) is 5.75 Å². The lowest BCUT2D eigenvalue weighted by Crippen LogP contribution is -2.23. The third-order valence-electron chi connectivity index (χ3n) is 4.46. The van der Waals surface area contributed by atoms with Crippen LogP contribution < -0.4 is 10.3 Å². The van der Waals surface area contributed by atoms with E-state index in [-0.39, 0.29) is 17.1 Å². The molecule has 0 aliphatic rings. The van der Waals surface area contributed by atoms with Crippen molar-refractivity contribution in [1.29, 1.82) is 0 Å². The lowest BCUT2D eigenvalue weighted by molar-refractivity contribution is 0.102. The Morgan fingerprint density at radius 1 is 1.10 bits per heavy atom. The van der Waals surface area contributed by atoms with Crippen LogP contribution in [-0.4, -0.2) is 28.2 Å². The summed E-state index contributed by atoms with van der Waals surface area (Å²) in [6, 6.07) is 18.6. The highest BCUT2D eigenvalue weighted by molar-refractivity contribution is 7.99. The smallest absolute Gasteiger partial charge is 0.272 e. The van der Waals surface area contributed by atoms with Crippen LogP contribution in [0.2, 0.25) is 0 Å².